The van der Waals surface area contributed by atoms with Crippen LogP contribution < -0.4 is 16.4 Å². The van der Waals surface area contributed by atoms with Gasteiger partial charge in [0, 0.05) is 5.54 Å². The predicted octanol–water partition coefficient (Wildman–Crippen LogP) is 2.71. The van der Waals surface area contributed by atoms with Crippen LogP contribution in [0, 0.1) is 5.92 Å². The summed E-state index contributed by atoms with van der Waals surface area (Å²) in [6.07, 6.45) is 5.02. The third kappa shape index (κ3) is 4.64. The SMILES string of the molecule is CCC1CCC(NC(=O)NC(C)(C)C)(C(N)=S)CC1. The largest absolute Gasteiger partial charge is 0.391 e. The van der Waals surface area contributed by atoms with E-state index >= 15 is 0 Å². The Bertz CT molecular complexity index is 341. The molecule has 1 aliphatic rings. The van der Waals surface area contributed by atoms with Gasteiger partial charge in [0.15, 0.2) is 0 Å². The summed E-state index contributed by atoms with van der Waals surface area (Å²) >= 11 is 5.20. The maximum Gasteiger partial charge on any atom is 0.315 e. The molecule has 0 radical (unpaired) electrons. The van der Waals surface area contributed by atoms with Crippen molar-refractivity contribution in [1.82, 2.24) is 10.6 Å². The molecule has 1 aliphatic carbocycles. The Morgan fingerprint density at radius 3 is 2.26 bits per heavy atom. The molecule has 0 unspecified atom stereocenters. The van der Waals surface area contributed by atoms with Gasteiger partial charge in [-0.15, -0.1) is 0 Å². The lowest BCUT2D eigenvalue weighted by molar-refractivity contribution is 0.205. The number of carbonyl (C=O) groups is 1. The van der Waals surface area contributed by atoms with Crippen LogP contribution in [0.4, 0.5) is 4.79 Å². The molecule has 19 heavy (non-hydrogen) atoms. The Hall–Kier alpha value is -0.840. The molecule has 0 aliphatic heterocycles. The summed E-state index contributed by atoms with van der Waals surface area (Å²) in [6.45, 7) is 8.06. The lowest BCUT2D eigenvalue weighted by Crippen LogP contribution is -2.62. The molecule has 0 heterocycles. The van der Waals surface area contributed by atoms with E-state index in [0.717, 1.165) is 31.6 Å². The monoisotopic (exact) mass is 285 g/mol. The first-order valence-corrected chi connectivity index (χ1v) is 7.49. The summed E-state index contributed by atoms with van der Waals surface area (Å²) < 4.78 is 0. The van der Waals surface area contributed by atoms with E-state index in [0.29, 0.717) is 4.99 Å². The van der Waals surface area contributed by atoms with Gasteiger partial charge in [-0.05, 0) is 52.4 Å². The first-order chi connectivity index (χ1) is 8.68. The van der Waals surface area contributed by atoms with Crippen LogP contribution in [-0.2, 0) is 0 Å². The zero-order valence-corrected chi connectivity index (χ0v) is 13.3. The van der Waals surface area contributed by atoms with Gasteiger partial charge in [-0.1, -0.05) is 25.6 Å². The molecule has 0 atom stereocenters. The zero-order valence-electron chi connectivity index (χ0n) is 12.5. The van der Waals surface area contributed by atoms with Crippen molar-refractivity contribution in [1.29, 1.82) is 0 Å². The Kier molecular flexibility index (Phi) is 5.18. The van der Waals surface area contributed by atoms with E-state index in [4.69, 9.17) is 18.0 Å². The molecule has 1 rings (SSSR count). The van der Waals surface area contributed by atoms with Gasteiger partial charge in [0.05, 0.1) is 10.5 Å². The number of hydrogen-bond acceptors (Lipinski definition) is 2. The van der Waals surface area contributed by atoms with Crippen molar-refractivity contribution in [2.24, 2.45) is 11.7 Å². The molecule has 4 nitrogen and oxygen atoms in total. The molecular weight excluding hydrogens is 258 g/mol. The highest BCUT2D eigenvalue weighted by Gasteiger charge is 2.39. The van der Waals surface area contributed by atoms with Crippen LogP contribution in [-0.4, -0.2) is 22.1 Å². The summed E-state index contributed by atoms with van der Waals surface area (Å²) in [5.74, 6) is 0.731. The normalized spacial score (nSPS) is 27.7. The van der Waals surface area contributed by atoms with E-state index in [9.17, 15) is 4.79 Å². The van der Waals surface area contributed by atoms with Crippen molar-refractivity contribution in [2.75, 3.05) is 0 Å². The Labute approximate surface area is 121 Å². The van der Waals surface area contributed by atoms with Crippen molar-refractivity contribution < 1.29 is 4.79 Å². The van der Waals surface area contributed by atoms with Crippen molar-refractivity contribution in [2.45, 2.75) is 70.9 Å². The molecule has 4 N–H and O–H groups in total. The van der Waals surface area contributed by atoms with E-state index in [-0.39, 0.29) is 11.6 Å². The van der Waals surface area contributed by atoms with Gasteiger partial charge in [0.1, 0.15) is 0 Å². The van der Waals surface area contributed by atoms with Crippen molar-refractivity contribution in [3.8, 4) is 0 Å². The van der Waals surface area contributed by atoms with Crippen LogP contribution in [0.2, 0.25) is 0 Å². The van der Waals surface area contributed by atoms with Crippen LogP contribution in [0.1, 0.15) is 59.8 Å². The van der Waals surface area contributed by atoms with Gasteiger partial charge in [-0.2, -0.15) is 0 Å². The van der Waals surface area contributed by atoms with E-state index < -0.39 is 5.54 Å². The number of nitrogens with one attached hydrogen (secondary N) is 2. The molecule has 0 aromatic rings. The van der Waals surface area contributed by atoms with Crippen LogP contribution >= 0.6 is 12.2 Å². The van der Waals surface area contributed by atoms with Gasteiger partial charge in [0.25, 0.3) is 0 Å². The van der Waals surface area contributed by atoms with Gasteiger partial charge in [-0.25, -0.2) is 4.79 Å². The number of nitrogens with two attached hydrogens (primary N) is 1. The van der Waals surface area contributed by atoms with Crippen LogP contribution in [0.3, 0.4) is 0 Å². The molecule has 110 valence electrons. The van der Waals surface area contributed by atoms with Gasteiger partial charge in [0.2, 0.25) is 0 Å². The molecule has 0 spiro atoms. The molecule has 0 aromatic carbocycles. The third-order valence-corrected chi connectivity index (χ3v) is 4.24. The number of urea groups is 1. The fourth-order valence-electron chi connectivity index (χ4n) is 2.60. The average Bonchev–Trinajstić information content (AvgIpc) is 2.27. The van der Waals surface area contributed by atoms with Crippen molar-refractivity contribution in [3.05, 3.63) is 0 Å². The quantitative estimate of drug-likeness (QED) is 0.698. The highest BCUT2D eigenvalue weighted by molar-refractivity contribution is 7.80. The number of amides is 2. The van der Waals surface area contributed by atoms with E-state index in [1.165, 1.54) is 6.42 Å². The molecule has 2 amide bonds. The third-order valence-electron chi connectivity index (χ3n) is 3.85. The second kappa shape index (κ2) is 6.07. The first kappa shape index (κ1) is 16.2. The second-order valence-electron chi connectivity index (χ2n) is 6.63. The van der Waals surface area contributed by atoms with Gasteiger partial charge < -0.3 is 16.4 Å². The van der Waals surface area contributed by atoms with Crippen LogP contribution in [0.5, 0.6) is 0 Å². The molecule has 5 heteroatoms. The van der Waals surface area contributed by atoms with Crippen molar-refractivity contribution in [3.63, 3.8) is 0 Å². The number of carbonyl (C=O) groups excluding carboxylic acids is 1. The standard InChI is InChI=1S/C14H27N3OS/c1-5-10-6-8-14(9-7-10,11(15)19)17-12(18)16-13(2,3)4/h10H,5-9H2,1-4H3,(H2,15,19)(H2,16,17,18). The summed E-state index contributed by atoms with van der Waals surface area (Å²) in [7, 11) is 0. The summed E-state index contributed by atoms with van der Waals surface area (Å²) in [5, 5.41) is 5.92. The highest BCUT2D eigenvalue weighted by Crippen LogP contribution is 2.34. The molecule has 1 fully saturated rings. The Balaban J connectivity index is 2.69. The Morgan fingerprint density at radius 2 is 1.89 bits per heavy atom. The smallest absolute Gasteiger partial charge is 0.315 e. The van der Waals surface area contributed by atoms with E-state index in [2.05, 4.69) is 17.6 Å². The fraction of sp³-hybridized carbons (Fsp3) is 0.857. The molecule has 0 saturated heterocycles. The van der Waals surface area contributed by atoms with Crippen molar-refractivity contribution >= 4 is 23.2 Å². The molecule has 0 bridgehead atoms. The minimum Gasteiger partial charge on any atom is -0.391 e. The first-order valence-electron chi connectivity index (χ1n) is 7.09. The van der Waals surface area contributed by atoms with Crippen LogP contribution in [0.25, 0.3) is 0 Å². The Morgan fingerprint density at radius 1 is 1.37 bits per heavy atom. The average molecular weight is 285 g/mol. The molecular formula is C14H27N3OS. The maximum atomic E-state index is 12.1. The van der Waals surface area contributed by atoms with Gasteiger partial charge in [-0.3, -0.25) is 0 Å². The zero-order chi connectivity index (χ0) is 14.7. The number of thiocarbonyl (C=S) groups is 1. The summed E-state index contributed by atoms with van der Waals surface area (Å²) in [4.78, 5) is 12.5. The van der Waals surface area contributed by atoms with Gasteiger partial charge >= 0.3 is 6.03 Å². The fourth-order valence-corrected chi connectivity index (χ4v) is 2.86. The van der Waals surface area contributed by atoms with Crippen LogP contribution in [0.15, 0.2) is 0 Å². The minimum atomic E-state index is -0.504. The highest BCUT2D eigenvalue weighted by atomic mass is 32.1. The molecule has 1 saturated carbocycles. The predicted molar refractivity (Wildman–Crippen MR) is 83.2 cm³/mol. The number of hydrogen-bond donors (Lipinski definition) is 3. The maximum absolute atomic E-state index is 12.1. The topological polar surface area (TPSA) is 67.2 Å². The molecule has 0 aromatic heterocycles. The summed E-state index contributed by atoms with van der Waals surface area (Å²) in [5.41, 5.74) is 5.12. The second-order valence-corrected chi connectivity index (χ2v) is 7.07. The van der Waals surface area contributed by atoms with E-state index in [1.807, 2.05) is 20.8 Å². The minimum absolute atomic E-state index is 0.185. The number of rotatable bonds is 3. The summed E-state index contributed by atoms with van der Waals surface area (Å²) in [6, 6.07) is -0.185. The lowest BCUT2D eigenvalue weighted by Gasteiger charge is -2.40. The lowest BCUT2D eigenvalue weighted by atomic mass is 9.75. The van der Waals surface area contributed by atoms with E-state index in [1.54, 1.807) is 0 Å².